The SMILES string of the molecule is O=C(CCl)N1CCN(C(=O)c2ccc(Cl)cc2)CC1. The van der Waals surface area contributed by atoms with Crippen molar-refractivity contribution in [3.8, 4) is 0 Å². The van der Waals surface area contributed by atoms with Crippen molar-refractivity contribution in [3.63, 3.8) is 0 Å². The maximum Gasteiger partial charge on any atom is 0.253 e. The number of piperazine rings is 1. The lowest BCUT2D eigenvalue weighted by Gasteiger charge is -2.34. The van der Waals surface area contributed by atoms with Crippen LogP contribution in [-0.2, 0) is 4.79 Å². The van der Waals surface area contributed by atoms with Gasteiger partial charge in [-0.25, -0.2) is 0 Å². The van der Waals surface area contributed by atoms with Gasteiger partial charge in [0.2, 0.25) is 5.91 Å². The van der Waals surface area contributed by atoms with E-state index in [0.717, 1.165) is 0 Å². The first-order valence-electron chi connectivity index (χ1n) is 6.00. The lowest BCUT2D eigenvalue weighted by molar-refractivity contribution is -0.129. The van der Waals surface area contributed by atoms with Gasteiger partial charge in [0.1, 0.15) is 5.88 Å². The van der Waals surface area contributed by atoms with Crippen LogP contribution >= 0.6 is 23.2 Å². The van der Waals surface area contributed by atoms with Crippen molar-refractivity contribution >= 4 is 35.0 Å². The van der Waals surface area contributed by atoms with Gasteiger partial charge in [0.25, 0.3) is 5.91 Å². The third-order valence-electron chi connectivity index (χ3n) is 3.13. The van der Waals surface area contributed by atoms with Crippen molar-refractivity contribution < 1.29 is 9.59 Å². The highest BCUT2D eigenvalue weighted by atomic mass is 35.5. The molecule has 0 unspecified atom stereocenters. The van der Waals surface area contributed by atoms with E-state index in [0.29, 0.717) is 36.8 Å². The van der Waals surface area contributed by atoms with Crippen LogP contribution in [0, 0.1) is 0 Å². The molecule has 1 fully saturated rings. The molecule has 0 spiro atoms. The summed E-state index contributed by atoms with van der Waals surface area (Å²) in [4.78, 5) is 27.1. The minimum absolute atomic E-state index is 0.00880. The second kappa shape index (κ2) is 6.26. The summed E-state index contributed by atoms with van der Waals surface area (Å²) in [6.45, 7) is 2.13. The number of halogens is 2. The third kappa shape index (κ3) is 3.39. The molecule has 1 aliphatic heterocycles. The zero-order chi connectivity index (χ0) is 13.8. The lowest BCUT2D eigenvalue weighted by atomic mass is 10.2. The van der Waals surface area contributed by atoms with Crippen molar-refractivity contribution in [2.45, 2.75) is 0 Å². The number of carbonyl (C=O) groups is 2. The molecule has 0 saturated carbocycles. The first-order chi connectivity index (χ1) is 9.11. The summed E-state index contributed by atoms with van der Waals surface area (Å²) >= 11 is 11.3. The monoisotopic (exact) mass is 300 g/mol. The molecule has 0 bridgehead atoms. The van der Waals surface area contributed by atoms with Crippen molar-refractivity contribution in [1.82, 2.24) is 9.80 Å². The number of hydrogen-bond donors (Lipinski definition) is 0. The van der Waals surface area contributed by atoms with E-state index in [1.165, 1.54) is 0 Å². The second-order valence-corrected chi connectivity index (χ2v) is 5.02. The fraction of sp³-hybridized carbons (Fsp3) is 0.385. The highest BCUT2D eigenvalue weighted by Crippen LogP contribution is 2.13. The summed E-state index contributed by atoms with van der Waals surface area (Å²) in [5, 5.41) is 0.606. The molecule has 1 aromatic rings. The van der Waals surface area contributed by atoms with Gasteiger partial charge in [0.05, 0.1) is 0 Å². The maximum absolute atomic E-state index is 12.2. The van der Waals surface area contributed by atoms with Crippen LogP contribution in [0.1, 0.15) is 10.4 Å². The normalized spacial score (nSPS) is 15.5. The van der Waals surface area contributed by atoms with E-state index < -0.39 is 0 Å². The number of amides is 2. The van der Waals surface area contributed by atoms with Gasteiger partial charge in [0, 0.05) is 36.8 Å². The van der Waals surface area contributed by atoms with Crippen molar-refractivity contribution in [2.75, 3.05) is 32.1 Å². The fourth-order valence-electron chi connectivity index (χ4n) is 2.02. The molecule has 1 saturated heterocycles. The summed E-state index contributed by atoms with van der Waals surface area (Å²) in [5.41, 5.74) is 0.613. The molecule has 6 heteroatoms. The molecule has 0 aliphatic carbocycles. The molecular formula is C13H14Cl2N2O2. The van der Waals surface area contributed by atoms with Gasteiger partial charge in [0.15, 0.2) is 0 Å². The van der Waals surface area contributed by atoms with Crippen LogP contribution in [0.3, 0.4) is 0 Å². The van der Waals surface area contributed by atoms with Gasteiger partial charge in [-0.05, 0) is 24.3 Å². The Kier molecular flexibility index (Phi) is 4.66. The molecule has 4 nitrogen and oxygen atoms in total. The minimum Gasteiger partial charge on any atom is -0.338 e. The van der Waals surface area contributed by atoms with Gasteiger partial charge in [-0.2, -0.15) is 0 Å². The number of alkyl halides is 1. The van der Waals surface area contributed by atoms with E-state index in [1.54, 1.807) is 34.1 Å². The third-order valence-corrected chi connectivity index (χ3v) is 3.61. The molecule has 1 aromatic carbocycles. The molecule has 0 aromatic heterocycles. The topological polar surface area (TPSA) is 40.6 Å². The first-order valence-corrected chi connectivity index (χ1v) is 6.91. The van der Waals surface area contributed by atoms with E-state index in [1.807, 2.05) is 0 Å². The van der Waals surface area contributed by atoms with Crippen LogP contribution in [-0.4, -0.2) is 53.7 Å². The number of benzene rings is 1. The van der Waals surface area contributed by atoms with E-state index in [9.17, 15) is 9.59 Å². The van der Waals surface area contributed by atoms with Crippen molar-refractivity contribution in [3.05, 3.63) is 34.9 Å². The molecule has 0 N–H and O–H groups in total. The van der Waals surface area contributed by atoms with Gasteiger partial charge >= 0.3 is 0 Å². The van der Waals surface area contributed by atoms with Gasteiger partial charge < -0.3 is 9.80 Å². The van der Waals surface area contributed by atoms with Crippen LogP contribution in [0.2, 0.25) is 5.02 Å². The Morgan fingerprint density at radius 1 is 1.00 bits per heavy atom. The van der Waals surface area contributed by atoms with Gasteiger partial charge in [-0.15, -0.1) is 11.6 Å². The van der Waals surface area contributed by atoms with Crippen molar-refractivity contribution in [2.24, 2.45) is 0 Å². The largest absolute Gasteiger partial charge is 0.338 e. The van der Waals surface area contributed by atoms with E-state index in [4.69, 9.17) is 23.2 Å². The highest BCUT2D eigenvalue weighted by molar-refractivity contribution is 6.30. The smallest absolute Gasteiger partial charge is 0.253 e. The van der Waals surface area contributed by atoms with E-state index >= 15 is 0 Å². The average molecular weight is 301 g/mol. The average Bonchev–Trinajstić information content (AvgIpc) is 2.46. The van der Waals surface area contributed by atoms with Crippen molar-refractivity contribution in [1.29, 1.82) is 0 Å². The predicted octanol–water partition coefficient (Wildman–Crippen LogP) is 1.86. The van der Waals surface area contributed by atoms with Crippen LogP contribution in [0.15, 0.2) is 24.3 Å². The zero-order valence-corrected chi connectivity index (χ0v) is 11.8. The molecule has 2 amide bonds. The molecular weight excluding hydrogens is 287 g/mol. The number of rotatable bonds is 2. The number of hydrogen-bond acceptors (Lipinski definition) is 2. The summed E-state index contributed by atoms with van der Waals surface area (Å²) in [7, 11) is 0. The quantitative estimate of drug-likeness (QED) is 0.782. The highest BCUT2D eigenvalue weighted by Gasteiger charge is 2.24. The summed E-state index contributed by atoms with van der Waals surface area (Å²) in [6, 6.07) is 6.81. The van der Waals surface area contributed by atoms with E-state index in [-0.39, 0.29) is 17.7 Å². The lowest BCUT2D eigenvalue weighted by Crippen LogP contribution is -2.50. The van der Waals surface area contributed by atoms with Crippen LogP contribution < -0.4 is 0 Å². The molecule has 102 valence electrons. The Balaban J connectivity index is 1.96. The van der Waals surface area contributed by atoms with Crippen LogP contribution in [0.25, 0.3) is 0 Å². The number of nitrogens with zero attached hydrogens (tertiary/aromatic N) is 2. The molecule has 1 aliphatic rings. The Morgan fingerprint density at radius 3 is 2.05 bits per heavy atom. The van der Waals surface area contributed by atoms with Crippen LogP contribution in [0.5, 0.6) is 0 Å². The zero-order valence-electron chi connectivity index (χ0n) is 10.3. The molecule has 2 rings (SSSR count). The number of carbonyl (C=O) groups excluding carboxylic acids is 2. The Hall–Kier alpha value is -1.26. The van der Waals surface area contributed by atoms with Gasteiger partial charge in [-0.3, -0.25) is 9.59 Å². The summed E-state index contributed by atoms with van der Waals surface area (Å²) in [5.74, 6) is -0.125. The van der Waals surface area contributed by atoms with Crippen LogP contribution in [0.4, 0.5) is 0 Å². The Morgan fingerprint density at radius 2 is 1.53 bits per heavy atom. The molecule has 0 radical (unpaired) electrons. The summed E-state index contributed by atoms with van der Waals surface area (Å²) < 4.78 is 0. The Bertz CT molecular complexity index is 468. The predicted molar refractivity (Wildman–Crippen MR) is 74.7 cm³/mol. The molecule has 19 heavy (non-hydrogen) atoms. The molecule has 1 heterocycles. The Labute approximate surface area is 121 Å². The first kappa shape index (κ1) is 14.2. The second-order valence-electron chi connectivity index (χ2n) is 4.31. The standard InChI is InChI=1S/C13H14Cl2N2O2/c14-9-12(18)16-5-7-17(8-6-16)13(19)10-1-3-11(15)4-2-10/h1-4H,5-9H2. The molecule has 0 atom stereocenters. The van der Waals surface area contributed by atoms with Gasteiger partial charge in [-0.1, -0.05) is 11.6 Å². The maximum atomic E-state index is 12.2. The fourth-order valence-corrected chi connectivity index (χ4v) is 2.31. The summed E-state index contributed by atoms with van der Waals surface area (Å²) in [6.07, 6.45) is 0. The van der Waals surface area contributed by atoms with E-state index in [2.05, 4.69) is 0 Å². The minimum atomic E-state index is -0.0831.